The maximum atomic E-state index is 11.7. The maximum Gasteiger partial charge on any atom is 0.348 e. The van der Waals surface area contributed by atoms with E-state index in [0.717, 1.165) is 25.2 Å². The van der Waals surface area contributed by atoms with Crippen molar-refractivity contribution in [1.29, 1.82) is 0 Å². The van der Waals surface area contributed by atoms with Crippen molar-refractivity contribution in [3.8, 4) is 0 Å². The number of nitrogens with zero attached hydrogens (tertiary/aromatic N) is 2. The molecule has 2 heterocycles. The fourth-order valence-electron chi connectivity index (χ4n) is 1.95. The molecule has 0 saturated carbocycles. The lowest BCUT2D eigenvalue weighted by Crippen LogP contribution is -2.26. The second-order valence-corrected chi connectivity index (χ2v) is 4.33. The van der Waals surface area contributed by atoms with Crippen molar-refractivity contribution in [2.24, 2.45) is 0 Å². The van der Waals surface area contributed by atoms with E-state index in [1.54, 1.807) is 4.57 Å². The average molecular weight is 244 g/mol. The van der Waals surface area contributed by atoms with Crippen LogP contribution < -0.4 is 11.0 Å². The molecule has 5 heteroatoms. The molecule has 16 heavy (non-hydrogen) atoms. The van der Waals surface area contributed by atoms with Gasteiger partial charge in [-0.15, -0.1) is 12.4 Å². The highest BCUT2D eigenvalue weighted by molar-refractivity contribution is 5.85. The van der Waals surface area contributed by atoms with Crippen molar-refractivity contribution in [3.05, 3.63) is 28.4 Å². The first kappa shape index (κ1) is 13.2. The second-order valence-electron chi connectivity index (χ2n) is 4.33. The summed E-state index contributed by atoms with van der Waals surface area (Å²) in [5, 5.41) is 3.28. The van der Waals surface area contributed by atoms with Crippen molar-refractivity contribution in [1.82, 2.24) is 14.9 Å². The number of halogens is 1. The van der Waals surface area contributed by atoms with Crippen LogP contribution in [-0.4, -0.2) is 22.6 Å². The van der Waals surface area contributed by atoms with Crippen LogP contribution in [0.5, 0.6) is 0 Å². The zero-order valence-electron chi connectivity index (χ0n) is 9.64. The molecule has 1 aliphatic heterocycles. The Morgan fingerprint density at radius 2 is 2.31 bits per heavy atom. The van der Waals surface area contributed by atoms with Crippen LogP contribution in [0.4, 0.5) is 0 Å². The Bertz CT molecular complexity index is 396. The van der Waals surface area contributed by atoms with E-state index in [1.165, 1.54) is 0 Å². The molecule has 90 valence electrons. The monoisotopic (exact) mass is 243 g/mol. The van der Waals surface area contributed by atoms with Gasteiger partial charge in [-0.05, 0) is 32.9 Å². The van der Waals surface area contributed by atoms with Gasteiger partial charge in [0.1, 0.15) is 0 Å². The fourth-order valence-corrected chi connectivity index (χ4v) is 1.95. The van der Waals surface area contributed by atoms with Crippen molar-refractivity contribution >= 4 is 12.4 Å². The predicted molar refractivity (Wildman–Crippen MR) is 66.4 cm³/mol. The number of rotatable bonds is 2. The molecule has 0 amide bonds. The highest BCUT2D eigenvalue weighted by Gasteiger charge is 2.18. The molecule has 2 rings (SSSR count). The van der Waals surface area contributed by atoms with Crippen molar-refractivity contribution in [2.75, 3.05) is 13.1 Å². The van der Waals surface area contributed by atoms with E-state index >= 15 is 0 Å². The Hall–Kier alpha value is -0.870. The molecule has 1 aliphatic rings. The molecule has 1 unspecified atom stereocenters. The summed E-state index contributed by atoms with van der Waals surface area (Å²) in [6.45, 7) is 5.94. The molecule has 1 saturated heterocycles. The topological polar surface area (TPSA) is 46.9 Å². The first-order valence-electron chi connectivity index (χ1n) is 5.48. The van der Waals surface area contributed by atoms with E-state index in [-0.39, 0.29) is 24.1 Å². The Balaban J connectivity index is 0.00000128. The number of aromatic nitrogens is 2. The molecule has 1 atom stereocenters. The summed E-state index contributed by atoms with van der Waals surface area (Å²) in [6.07, 6.45) is 2.94. The fraction of sp³-hybridized carbons (Fsp3) is 0.636. The van der Waals surface area contributed by atoms with E-state index in [9.17, 15) is 4.79 Å². The van der Waals surface area contributed by atoms with Crippen LogP contribution in [0.2, 0.25) is 0 Å². The summed E-state index contributed by atoms with van der Waals surface area (Å²) in [5.74, 6) is 0.416. The van der Waals surface area contributed by atoms with Gasteiger partial charge in [-0.25, -0.2) is 4.79 Å². The highest BCUT2D eigenvalue weighted by atomic mass is 35.5. The number of nitrogens with one attached hydrogen (secondary N) is 1. The second kappa shape index (κ2) is 5.46. The lowest BCUT2D eigenvalue weighted by molar-refractivity contribution is 0.554. The van der Waals surface area contributed by atoms with Gasteiger partial charge in [0.15, 0.2) is 0 Å². The highest BCUT2D eigenvalue weighted by Crippen LogP contribution is 2.18. The summed E-state index contributed by atoms with van der Waals surface area (Å²) in [7, 11) is 0. The van der Waals surface area contributed by atoms with Crippen molar-refractivity contribution in [3.63, 3.8) is 0 Å². The normalized spacial score (nSPS) is 19.8. The van der Waals surface area contributed by atoms with E-state index < -0.39 is 0 Å². The van der Waals surface area contributed by atoms with Crippen LogP contribution in [0.15, 0.2) is 17.1 Å². The molecule has 4 nitrogen and oxygen atoms in total. The predicted octanol–water partition coefficient (Wildman–Crippen LogP) is 1.32. The van der Waals surface area contributed by atoms with Gasteiger partial charge in [0.05, 0.1) is 5.69 Å². The molecule has 0 aliphatic carbocycles. The smallest absolute Gasteiger partial charge is 0.316 e. The van der Waals surface area contributed by atoms with Gasteiger partial charge < -0.3 is 5.32 Å². The van der Waals surface area contributed by atoms with Gasteiger partial charge in [-0.2, -0.15) is 4.98 Å². The molecule has 0 spiro atoms. The third kappa shape index (κ3) is 2.62. The Labute approximate surface area is 101 Å². The largest absolute Gasteiger partial charge is 0.348 e. The standard InChI is InChI=1S/C11H17N3O.ClH/c1-8(2)14-6-4-10(13-11(14)15)9-3-5-12-7-9;/h4,6,8-9,12H,3,5,7H2,1-2H3;1H. The van der Waals surface area contributed by atoms with Crippen LogP contribution in [0.25, 0.3) is 0 Å². The molecule has 1 N–H and O–H groups in total. The summed E-state index contributed by atoms with van der Waals surface area (Å²) >= 11 is 0. The Kier molecular flexibility index (Phi) is 4.50. The van der Waals surface area contributed by atoms with Gasteiger partial charge in [-0.3, -0.25) is 4.57 Å². The summed E-state index contributed by atoms with van der Waals surface area (Å²) in [5.41, 5.74) is 0.802. The molecular weight excluding hydrogens is 226 g/mol. The SMILES string of the molecule is CC(C)n1ccc(C2CCNC2)nc1=O.Cl. The lowest BCUT2D eigenvalue weighted by Gasteiger charge is -2.11. The molecule has 1 aromatic heterocycles. The minimum atomic E-state index is -0.130. The molecular formula is C11H18ClN3O. The lowest BCUT2D eigenvalue weighted by atomic mass is 10.1. The quantitative estimate of drug-likeness (QED) is 0.853. The summed E-state index contributed by atoms with van der Waals surface area (Å²) in [4.78, 5) is 15.8. The number of hydrogen-bond donors (Lipinski definition) is 1. The van der Waals surface area contributed by atoms with Gasteiger partial charge in [0.25, 0.3) is 0 Å². The molecule has 1 aromatic rings. The Morgan fingerprint density at radius 1 is 1.56 bits per heavy atom. The minimum absolute atomic E-state index is 0. The molecule has 0 aromatic carbocycles. The van der Waals surface area contributed by atoms with Crippen LogP contribution in [-0.2, 0) is 0 Å². The molecule has 0 radical (unpaired) electrons. The number of hydrogen-bond acceptors (Lipinski definition) is 3. The van der Waals surface area contributed by atoms with Crippen molar-refractivity contribution < 1.29 is 0 Å². The van der Waals surface area contributed by atoms with E-state index in [1.807, 2.05) is 26.1 Å². The van der Waals surface area contributed by atoms with Crippen LogP contribution in [0.3, 0.4) is 0 Å². The van der Waals surface area contributed by atoms with Gasteiger partial charge in [0.2, 0.25) is 0 Å². The zero-order chi connectivity index (χ0) is 10.8. The van der Waals surface area contributed by atoms with E-state index in [0.29, 0.717) is 5.92 Å². The minimum Gasteiger partial charge on any atom is -0.316 e. The van der Waals surface area contributed by atoms with Gasteiger partial charge in [-0.1, -0.05) is 0 Å². The Morgan fingerprint density at radius 3 is 2.81 bits per heavy atom. The van der Waals surface area contributed by atoms with E-state index in [4.69, 9.17) is 0 Å². The van der Waals surface area contributed by atoms with Gasteiger partial charge >= 0.3 is 5.69 Å². The maximum absolute atomic E-state index is 11.7. The third-order valence-corrected chi connectivity index (χ3v) is 2.89. The van der Waals surface area contributed by atoms with Crippen LogP contribution >= 0.6 is 12.4 Å². The first-order valence-corrected chi connectivity index (χ1v) is 5.48. The zero-order valence-corrected chi connectivity index (χ0v) is 10.5. The average Bonchev–Trinajstić information content (AvgIpc) is 2.69. The molecule has 0 bridgehead atoms. The summed E-state index contributed by atoms with van der Waals surface area (Å²) < 4.78 is 1.66. The summed E-state index contributed by atoms with van der Waals surface area (Å²) in [6, 6.07) is 2.15. The van der Waals surface area contributed by atoms with Gasteiger partial charge in [0, 0.05) is 24.7 Å². The third-order valence-electron chi connectivity index (χ3n) is 2.89. The van der Waals surface area contributed by atoms with Crippen LogP contribution in [0.1, 0.15) is 37.9 Å². The van der Waals surface area contributed by atoms with E-state index in [2.05, 4.69) is 10.3 Å². The van der Waals surface area contributed by atoms with Crippen molar-refractivity contribution in [2.45, 2.75) is 32.2 Å². The first-order chi connectivity index (χ1) is 7.18. The molecule has 1 fully saturated rings. The van der Waals surface area contributed by atoms with Crippen LogP contribution in [0, 0.1) is 0 Å².